The number of aliphatic carboxylic acids is 1. The third-order valence-corrected chi connectivity index (χ3v) is 16.8. The lowest BCUT2D eigenvalue weighted by atomic mass is 9.96. The molecule has 93 heavy (non-hydrogen) atoms. The first-order valence-corrected chi connectivity index (χ1v) is 33.7. The quantitative estimate of drug-likeness (QED) is 0.0141. The number of unbranched alkanes of at least 4 members (excludes halogenated alkanes) is 1. The maximum atomic E-state index is 14.3. The predicted molar refractivity (Wildman–Crippen MR) is 358 cm³/mol. The molecule has 21 N–H and O–H groups in total. The molecule has 1 aromatic carbocycles. The van der Waals surface area contributed by atoms with Crippen LogP contribution < -0.4 is 81.4 Å². The van der Waals surface area contributed by atoms with Crippen LogP contribution in [-0.2, 0) is 64.0 Å². The molecule has 0 aliphatic rings. The van der Waals surface area contributed by atoms with Crippen LogP contribution in [0.2, 0.25) is 0 Å². The zero-order chi connectivity index (χ0) is 70.7. The van der Waals surface area contributed by atoms with E-state index in [0.717, 1.165) is 0 Å². The molecule has 0 fully saturated rings. The van der Waals surface area contributed by atoms with Crippen molar-refractivity contribution in [3.8, 4) is 0 Å². The molecule has 30 nitrogen and oxygen atoms in total. The van der Waals surface area contributed by atoms with Crippen LogP contribution in [0.4, 0.5) is 0 Å². The van der Waals surface area contributed by atoms with Crippen LogP contribution in [-0.4, -0.2) is 197 Å². The van der Waals surface area contributed by atoms with Crippen molar-refractivity contribution in [2.24, 2.45) is 51.6 Å². The molecule has 0 heterocycles. The van der Waals surface area contributed by atoms with Crippen LogP contribution in [0.25, 0.3) is 0 Å². The van der Waals surface area contributed by atoms with E-state index in [-0.39, 0.29) is 50.5 Å². The Morgan fingerprint density at radius 2 is 0.914 bits per heavy atom. The summed E-state index contributed by atoms with van der Waals surface area (Å²) >= 11 is 5.65. The van der Waals surface area contributed by atoms with Gasteiger partial charge < -0.3 is 91.6 Å². The van der Waals surface area contributed by atoms with Gasteiger partial charge in [0.05, 0.1) is 12.6 Å². The lowest BCUT2D eigenvalue weighted by molar-refractivity contribution is -0.143. The second-order valence-corrected chi connectivity index (χ2v) is 25.0. The smallest absolute Gasteiger partial charge is 0.326 e. The maximum absolute atomic E-state index is 14.3. The molecule has 0 spiro atoms. The summed E-state index contributed by atoms with van der Waals surface area (Å²) in [6, 6.07) is -6.66. The number of carbonyl (C=O) groups is 12. The molecule has 0 radical (unpaired) electrons. The van der Waals surface area contributed by atoms with Crippen LogP contribution >= 0.6 is 24.4 Å². The molecule has 0 saturated carbocycles. The van der Waals surface area contributed by atoms with Gasteiger partial charge in [0.25, 0.3) is 0 Å². The van der Waals surface area contributed by atoms with E-state index >= 15 is 0 Å². The zero-order valence-electron chi connectivity index (χ0n) is 55.6. The summed E-state index contributed by atoms with van der Waals surface area (Å²) in [7, 11) is 0. The number of thiol groups is 1. The standard InChI is InChI=1S/C61H106N16O14S2/c1-12-33(6)46(58(88)67-36(9)49(79)73-44(31-92)56(86)77-48(60(90)91)35(8)14-3)75-50(80)37(10)68-59(89)47(34(7)13-2)76-57(87)45(32(4)5)74-55(85)43(30-78)72-53(83)41(24-20-27-66-61(64)65)69-52(82)40(23-18-19-26-62)70-54(84)42(29-38-21-16-15-17-22-38)71-51(81)39(63)25-28-93-11/h15-17,21-22,32-37,39-48,78,92H,12-14,18-20,23-31,62-63H2,1-11H3,(H,67,88)(H,68,89)(H,69,82)(H,70,84)(H,71,81)(H,72,83)(H,73,79)(H,74,85)(H,75,80)(H,76,87)(H,77,86)(H,90,91)(H4,64,65,66)/t33-,34-,35-,36-,37-,39-,40-,41-,42-,43-,44-,45-,46-,47-,48-/m0/s1. The predicted octanol–water partition coefficient (Wildman–Crippen LogP) is -2.33. The number of amides is 11. The second kappa shape index (κ2) is 44.3. The molecule has 11 amide bonds. The van der Waals surface area contributed by atoms with Gasteiger partial charge in [-0.05, 0) is 100 Å². The Hall–Kier alpha value is -7.29. The molecule has 32 heteroatoms. The summed E-state index contributed by atoms with van der Waals surface area (Å²) in [6.07, 6.45) is 4.28. The number of nitrogens with one attached hydrogen (secondary N) is 11. The number of nitrogens with two attached hydrogens (primary N) is 4. The van der Waals surface area contributed by atoms with E-state index in [0.29, 0.717) is 49.8 Å². The maximum Gasteiger partial charge on any atom is 0.326 e. The highest BCUT2D eigenvalue weighted by Gasteiger charge is 2.38. The summed E-state index contributed by atoms with van der Waals surface area (Å²) in [5.41, 5.74) is 23.7. The van der Waals surface area contributed by atoms with Crippen molar-refractivity contribution < 1.29 is 67.7 Å². The minimum atomic E-state index is -1.72. The summed E-state index contributed by atoms with van der Waals surface area (Å²) in [4.78, 5) is 168. The van der Waals surface area contributed by atoms with Crippen molar-refractivity contribution in [1.82, 2.24) is 58.5 Å². The van der Waals surface area contributed by atoms with E-state index in [1.807, 2.05) is 6.26 Å². The second-order valence-electron chi connectivity index (χ2n) is 23.6. The molecule has 1 aromatic rings. The fourth-order valence-corrected chi connectivity index (χ4v) is 9.88. The average Bonchev–Trinajstić information content (AvgIpc) is 1.27. The Morgan fingerprint density at radius 1 is 0.505 bits per heavy atom. The van der Waals surface area contributed by atoms with Crippen molar-refractivity contribution in [1.29, 1.82) is 0 Å². The highest BCUT2D eigenvalue weighted by atomic mass is 32.2. The number of aliphatic imine (C=N–C) groups is 1. The van der Waals surface area contributed by atoms with Crippen LogP contribution in [0.1, 0.15) is 133 Å². The molecule has 0 aliphatic carbocycles. The molecule has 0 aromatic heterocycles. The van der Waals surface area contributed by atoms with Gasteiger partial charge in [-0.2, -0.15) is 24.4 Å². The van der Waals surface area contributed by atoms with Gasteiger partial charge in [0.1, 0.15) is 66.5 Å². The molecule has 15 atom stereocenters. The van der Waals surface area contributed by atoms with E-state index in [4.69, 9.17) is 22.9 Å². The van der Waals surface area contributed by atoms with E-state index in [2.05, 4.69) is 76.1 Å². The number of carbonyl (C=O) groups excluding carboxylic acids is 11. The average molecular weight is 1350 g/mol. The van der Waals surface area contributed by atoms with Gasteiger partial charge in [-0.15, -0.1) is 0 Å². The van der Waals surface area contributed by atoms with Gasteiger partial charge in [-0.3, -0.25) is 57.7 Å². The van der Waals surface area contributed by atoms with Gasteiger partial charge in [0, 0.05) is 18.7 Å². The first-order valence-electron chi connectivity index (χ1n) is 31.7. The van der Waals surface area contributed by atoms with Crippen molar-refractivity contribution in [3.63, 3.8) is 0 Å². The number of carboxylic acid groups (broad SMARTS) is 1. The summed E-state index contributed by atoms with van der Waals surface area (Å²) in [5.74, 6) is -12.2. The van der Waals surface area contributed by atoms with Crippen molar-refractivity contribution in [3.05, 3.63) is 35.9 Å². The molecule has 0 saturated heterocycles. The van der Waals surface area contributed by atoms with Crippen LogP contribution in [0, 0.1) is 23.7 Å². The third-order valence-electron chi connectivity index (χ3n) is 15.8. The van der Waals surface area contributed by atoms with Gasteiger partial charge in [-0.25, -0.2) is 4.79 Å². The van der Waals surface area contributed by atoms with Gasteiger partial charge in [0.2, 0.25) is 65.0 Å². The number of rotatable bonds is 45. The van der Waals surface area contributed by atoms with Crippen LogP contribution in [0.3, 0.4) is 0 Å². The zero-order valence-corrected chi connectivity index (χ0v) is 57.3. The number of aliphatic hydroxyl groups excluding tert-OH is 1. The Balaban J connectivity index is 3.38. The highest BCUT2D eigenvalue weighted by molar-refractivity contribution is 7.98. The Kier molecular flexibility index (Phi) is 39.9. The molecule has 0 bridgehead atoms. The summed E-state index contributed by atoms with van der Waals surface area (Å²) < 4.78 is 0. The van der Waals surface area contributed by atoms with E-state index in [1.54, 1.807) is 85.7 Å². The number of guanidine groups is 1. The van der Waals surface area contributed by atoms with Gasteiger partial charge in [-0.1, -0.05) is 105 Å². The minimum Gasteiger partial charge on any atom is -0.480 e. The molecule has 1 rings (SSSR count). The number of hydrogen-bond donors (Lipinski definition) is 18. The number of aliphatic hydroxyl groups is 1. The minimum absolute atomic E-state index is 0.0131. The summed E-state index contributed by atoms with van der Waals surface area (Å²) in [5, 5.41) is 48.7. The topological polar surface area (TPSA) is 494 Å². The van der Waals surface area contributed by atoms with E-state index in [9.17, 15) is 67.7 Å². The van der Waals surface area contributed by atoms with Crippen molar-refractivity contribution in [2.45, 2.75) is 206 Å². The first-order chi connectivity index (χ1) is 43.9. The van der Waals surface area contributed by atoms with Gasteiger partial charge in [0.15, 0.2) is 5.96 Å². The number of benzene rings is 1. The molecular formula is C61H106N16O14S2. The fraction of sp³-hybridized carbons (Fsp3) is 0.689. The van der Waals surface area contributed by atoms with Gasteiger partial charge >= 0.3 is 5.97 Å². The summed E-state index contributed by atoms with van der Waals surface area (Å²) in [6.45, 7) is 15.4. The number of carboxylic acids is 1. The van der Waals surface area contributed by atoms with Crippen molar-refractivity contribution in [2.75, 3.05) is 37.5 Å². The SMILES string of the molecule is CC[C@H](C)[C@H](NC(=O)[C@H](CS)NC(=O)[C@H](C)NC(=O)[C@@H](NC(=O)[C@H](C)NC(=O)[C@@H](NC(=O)[C@@H](NC(=O)[C@H](CO)NC(=O)[C@H](CCCN=C(N)N)NC(=O)[C@H](CCCCN)NC(=O)[C@H](Cc1ccccc1)NC(=O)[C@@H](N)CCSC)C(C)C)[C@@H](C)CC)[C@@H](C)CC)C(=O)O. The Morgan fingerprint density at radius 3 is 1.38 bits per heavy atom. The number of nitrogens with zero attached hydrogens (tertiary/aromatic N) is 1. The molecule has 526 valence electrons. The van der Waals surface area contributed by atoms with E-state index < -0.39 is 174 Å². The third kappa shape index (κ3) is 30.1. The van der Waals surface area contributed by atoms with Crippen LogP contribution in [0.15, 0.2) is 35.3 Å². The van der Waals surface area contributed by atoms with Crippen molar-refractivity contribution >= 4 is 101 Å². The molecule has 0 aliphatic heterocycles. The van der Waals surface area contributed by atoms with E-state index in [1.165, 1.54) is 25.6 Å². The molecular weight excluding hydrogens is 1240 g/mol. The highest BCUT2D eigenvalue weighted by Crippen LogP contribution is 2.15. The first kappa shape index (κ1) is 83.7. The fourth-order valence-electron chi connectivity index (χ4n) is 9.14. The Bertz CT molecular complexity index is 2620. The number of hydrogen-bond acceptors (Lipinski definition) is 18. The number of thioether (sulfide) groups is 1. The lowest BCUT2D eigenvalue weighted by Gasteiger charge is -2.30. The monoisotopic (exact) mass is 1350 g/mol. The van der Waals surface area contributed by atoms with Crippen LogP contribution in [0.5, 0.6) is 0 Å². The largest absolute Gasteiger partial charge is 0.480 e. The lowest BCUT2D eigenvalue weighted by Crippen LogP contribution is -2.62. The molecule has 0 unspecified atom stereocenters. The Labute approximate surface area is 556 Å². The normalized spacial score (nSPS) is 16.0.